The predicted molar refractivity (Wildman–Crippen MR) is 55.2 cm³/mol. The van der Waals surface area contributed by atoms with Crippen molar-refractivity contribution in [2.75, 3.05) is 5.73 Å². The molecule has 0 aromatic carbocycles. The molecule has 0 radical (unpaired) electrons. The van der Waals surface area contributed by atoms with Gasteiger partial charge in [-0.25, -0.2) is 0 Å². The molecule has 1 aromatic heterocycles. The molecule has 13 heavy (non-hydrogen) atoms. The van der Waals surface area contributed by atoms with Gasteiger partial charge >= 0.3 is 0 Å². The zero-order valence-corrected chi connectivity index (χ0v) is 8.15. The fourth-order valence-corrected chi connectivity index (χ4v) is 1.26. The van der Waals surface area contributed by atoms with Crippen molar-refractivity contribution in [2.24, 2.45) is 0 Å². The number of allylic oxidation sites excluding steroid dienone is 1. The normalized spacial score (nSPS) is 9.92. The summed E-state index contributed by atoms with van der Waals surface area (Å²) in [4.78, 5) is 13.7. The first-order chi connectivity index (χ1) is 6.07. The van der Waals surface area contributed by atoms with Crippen molar-refractivity contribution in [3.05, 3.63) is 33.3 Å². The molecule has 0 fully saturated rings. The highest BCUT2D eigenvalue weighted by atomic mass is 32.1. The molecule has 5 heteroatoms. The summed E-state index contributed by atoms with van der Waals surface area (Å²) in [6.45, 7) is 5.73. The van der Waals surface area contributed by atoms with Crippen LogP contribution in [0.25, 0.3) is 0 Å². The van der Waals surface area contributed by atoms with Crippen molar-refractivity contribution in [3.63, 3.8) is 0 Å². The van der Waals surface area contributed by atoms with Crippen LogP contribution in [-0.4, -0.2) is 9.55 Å². The summed E-state index contributed by atoms with van der Waals surface area (Å²) in [5, 5.41) is 0. The molecule has 4 nitrogen and oxygen atoms in total. The molecule has 1 aromatic rings. The molecule has 0 bridgehead atoms. The monoisotopic (exact) mass is 197 g/mol. The Hall–Kier alpha value is -1.36. The maximum absolute atomic E-state index is 11.2. The number of nitrogen functional groups attached to an aromatic ring is 1. The van der Waals surface area contributed by atoms with E-state index in [0.29, 0.717) is 22.7 Å². The van der Waals surface area contributed by atoms with Crippen molar-refractivity contribution in [3.8, 4) is 0 Å². The molecular weight excluding hydrogens is 186 g/mol. The minimum atomic E-state index is -0.234. The number of aromatic nitrogens is 2. The van der Waals surface area contributed by atoms with Crippen molar-refractivity contribution in [2.45, 2.75) is 13.5 Å². The van der Waals surface area contributed by atoms with Crippen molar-refractivity contribution < 1.29 is 0 Å². The van der Waals surface area contributed by atoms with Crippen LogP contribution in [-0.2, 0) is 6.54 Å². The number of nitrogens with two attached hydrogens (primary N) is 1. The molecule has 0 unspecified atom stereocenters. The maximum atomic E-state index is 11.2. The standard InChI is InChI=1S/C8H11N3OS/c1-3-4-11-6(9)5(2)7(12)10-8(11)13/h3H,1,4,9H2,2H3,(H,10,12,13). The van der Waals surface area contributed by atoms with Crippen molar-refractivity contribution >= 4 is 18.0 Å². The molecule has 0 amide bonds. The lowest BCUT2D eigenvalue weighted by atomic mass is 10.3. The number of aromatic amines is 1. The molecule has 0 aliphatic carbocycles. The average molecular weight is 197 g/mol. The summed E-state index contributed by atoms with van der Waals surface area (Å²) in [6, 6.07) is 0. The van der Waals surface area contributed by atoms with Crippen LogP contribution in [0, 0.1) is 11.7 Å². The number of nitrogens with zero attached hydrogens (tertiary/aromatic N) is 1. The molecule has 1 rings (SSSR count). The molecule has 0 aliphatic rings. The van der Waals surface area contributed by atoms with Crippen LogP contribution >= 0.6 is 12.2 Å². The third-order valence-electron chi connectivity index (χ3n) is 1.79. The van der Waals surface area contributed by atoms with Crippen LogP contribution in [0.2, 0.25) is 0 Å². The molecule has 0 spiro atoms. The summed E-state index contributed by atoms with van der Waals surface area (Å²) < 4.78 is 1.95. The Bertz CT molecular complexity index is 444. The zero-order chi connectivity index (χ0) is 10.0. The van der Waals surface area contributed by atoms with E-state index in [1.165, 1.54) is 0 Å². The second-order valence-electron chi connectivity index (χ2n) is 2.67. The third kappa shape index (κ3) is 1.70. The van der Waals surface area contributed by atoms with Gasteiger partial charge in [0.2, 0.25) is 0 Å². The van der Waals surface area contributed by atoms with Crippen LogP contribution in [0.15, 0.2) is 17.4 Å². The SMILES string of the molecule is C=CCn1c(N)c(C)c(=O)[nH]c1=S. The Kier molecular flexibility index (Phi) is 2.67. The lowest BCUT2D eigenvalue weighted by molar-refractivity contribution is 0.769. The quantitative estimate of drug-likeness (QED) is 0.548. The highest BCUT2D eigenvalue weighted by Crippen LogP contribution is 2.05. The summed E-state index contributed by atoms with van der Waals surface area (Å²) in [6.07, 6.45) is 1.67. The lowest BCUT2D eigenvalue weighted by Gasteiger charge is -2.09. The van der Waals surface area contributed by atoms with Crippen molar-refractivity contribution in [1.29, 1.82) is 0 Å². The lowest BCUT2D eigenvalue weighted by Crippen LogP contribution is -2.20. The average Bonchev–Trinajstić information content (AvgIpc) is 2.09. The van der Waals surface area contributed by atoms with E-state index >= 15 is 0 Å². The van der Waals surface area contributed by atoms with Crippen LogP contribution in [0.5, 0.6) is 0 Å². The molecular formula is C8H11N3OS. The highest BCUT2D eigenvalue weighted by molar-refractivity contribution is 7.71. The van der Waals surface area contributed by atoms with E-state index in [-0.39, 0.29) is 5.56 Å². The van der Waals surface area contributed by atoms with E-state index < -0.39 is 0 Å². The van der Waals surface area contributed by atoms with Gasteiger partial charge in [-0.3, -0.25) is 9.78 Å². The summed E-state index contributed by atoms with van der Waals surface area (Å²) in [5.41, 5.74) is 5.95. The smallest absolute Gasteiger partial charge is 0.256 e. The van der Waals surface area contributed by atoms with Gasteiger partial charge in [0.25, 0.3) is 5.56 Å². The Balaban J connectivity index is 3.53. The molecule has 70 valence electrons. The van der Waals surface area contributed by atoms with E-state index in [1.807, 2.05) is 0 Å². The van der Waals surface area contributed by atoms with Crippen molar-refractivity contribution in [1.82, 2.24) is 9.55 Å². The van der Waals surface area contributed by atoms with Gasteiger partial charge in [-0.15, -0.1) is 6.58 Å². The maximum Gasteiger partial charge on any atom is 0.256 e. The number of H-pyrrole nitrogens is 1. The number of hydrogen-bond acceptors (Lipinski definition) is 3. The topological polar surface area (TPSA) is 63.8 Å². The van der Waals surface area contributed by atoms with Gasteiger partial charge in [-0.2, -0.15) is 0 Å². The van der Waals surface area contributed by atoms with Crippen LogP contribution in [0.3, 0.4) is 0 Å². The Morgan fingerprint density at radius 2 is 2.38 bits per heavy atom. The predicted octanol–water partition coefficient (Wildman–Crippen LogP) is 0.983. The molecule has 0 saturated carbocycles. The van der Waals surface area contributed by atoms with Crippen LogP contribution in [0.4, 0.5) is 5.82 Å². The van der Waals surface area contributed by atoms with Gasteiger partial charge in [-0.05, 0) is 19.1 Å². The van der Waals surface area contributed by atoms with Gasteiger partial charge < -0.3 is 10.3 Å². The summed E-state index contributed by atoms with van der Waals surface area (Å²) in [7, 11) is 0. The third-order valence-corrected chi connectivity index (χ3v) is 2.12. The minimum absolute atomic E-state index is 0.234. The number of anilines is 1. The van der Waals surface area contributed by atoms with Gasteiger partial charge in [0.1, 0.15) is 5.82 Å². The number of rotatable bonds is 2. The van der Waals surface area contributed by atoms with Gasteiger partial charge in [0.15, 0.2) is 4.77 Å². The number of nitrogens with one attached hydrogen (secondary N) is 1. The van der Waals surface area contributed by atoms with Gasteiger partial charge in [0.05, 0.1) is 5.56 Å². The minimum Gasteiger partial charge on any atom is -0.385 e. The van der Waals surface area contributed by atoms with E-state index in [9.17, 15) is 4.79 Å². The van der Waals surface area contributed by atoms with E-state index in [0.717, 1.165) is 0 Å². The van der Waals surface area contributed by atoms with Crippen LogP contribution in [0.1, 0.15) is 5.56 Å². The highest BCUT2D eigenvalue weighted by Gasteiger charge is 2.03. The summed E-state index contributed by atoms with van der Waals surface area (Å²) in [5.74, 6) is 0.397. The Labute approximate surface area is 80.7 Å². The first-order valence-corrected chi connectivity index (χ1v) is 4.19. The second-order valence-corrected chi connectivity index (χ2v) is 3.06. The fourth-order valence-electron chi connectivity index (χ4n) is 0.997. The van der Waals surface area contributed by atoms with Gasteiger partial charge in [-0.1, -0.05) is 6.08 Å². The van der Waals surface area contributed by atoms with Crippen LogP contribution < -0.4 is 11.3 Å². The summed E-state index contributed by atoms with van der Waals surface area (Å²) >= 11 is 4.93. The molecule has 1 heterocycles. The fraction of sp³-hybridized carbons (Fsp3) is 0.250. The first-order valence-electron chi connectivity index (χ1n) is 3.78. The van der Waals surface area contributed by atoms with E-state index in [2.05, 4.69) is 11.6 Å². The number of hydrogen-bond donors (Lipinski definition) is 2. The molecule has 0 saturated heterocycles. The Morgan fingerprint density at radius 3 is 2.92 bits per heavy atom. The van der Waals surface area contributed by atoms with E-state index in [1.54, 1.807) is 17.6 Å². The Morgan fingerprint density at radius 1 is 1.77 bits per heavy atom. The van der Waals surface area contributed by atoms with Gasteiger partial charge in [0, 0.05) is 6.54 Å². The van der Waals surface area contributed by atoms with E-state index in [4.69, 9.17) is 18.0 Å². The molecule has 0 atom stereocenters. The first kappa shape index (κ1) is 9.73. The molecule has 3 N–H and O–H groups in total. The molecule has 0 aliphatic heterocycles. The largest absolute Gasteiger partial charge is 0.385 e. The zero-order valence-electron chi connectivity index (χ0n) is 7.33. The second kappa shape index (κ2) is 3.57.